The lowest BCUT2D eigenvalue weighted by Crippen LogP contribution is -1.85. The van der Waals surface area contributed by atoms with E-state index in [2.05, 4.69) is 6.07 Å². The molecule has 87 valence electrons. The maximum atomic E-state index is 6.11. The summed E-state index contributed by atoms with van der Waals surface area (Å²) in [4.78, 5) is 1.89. The monoisotopic (exact) mass is 283 g/mol. The first kappa shape index (κ1) is 12.6. The molecule has 0 unspecified atom stereocenters. The quantitative estimate of drug-likeness (QED) is 0.788. The van der Waals surface area contributed by atoms with Crippen LogP contribution in [0.1, 0.15) is 0 Å². The summed E-state index contributed by atoms with van der Waals surface area (Å²) < 4.78 is 5.28. The number of rotatable bonds is 3. The van der Waals surface area contributed by atoms with Crippen molar-refractivity contribution in [2.45, 2.75) is 9.79 Å². The summed E-state index contributed by atoms with van der Waals surface area (Å²) in [6.45, 7) is 0. The Morgan fingerprint density at radius 3 is 2.65 bits per heavy atom. The highest BCUT2D eigenvalue weighted by Crippen LogP contribution is 2.40. The highest BCUT2D eigenvalue weighted by atomic mass is 35.5. The van der Waals surface area contributed by atoms with Crippen molar-refractivity contribution in [1.82, 2.24) is 0 Å². The lowest BCUT2D eigenvalue weighted by Gasteiger charge is -2.09. The zero-order chi connectivity index (χ0) is 12.3. The molecule has 0 atom stereocenters. The second kappa shape index (κ2) is 5.67. The van der Waals surface area contributed by atoms with Crippen LogP contribution in [-0.2, 0) is 0 Å². The van der Waals surface area contributed by atoms with E-state index in [-0.39, 0.29) is 0 Å². The van der Waals surface area contributed by atoms with Crippen LogP contribution >= 0.6 is 35.0 Å². The molecule has 1 radical (unpaired) electrons. The van der Waals surface area contributed by atoms with Crippen LogP contribution in [-0.4, -0.2) is 7.11 Å². The highest BCUT2D eigenvalue weighted by Gasteiger charge is 2.09. The number of hydrogen-bond donors (Lipinski definition) is 0. The summed E-state index contributed by atoms with van der Waals surface area (Å²) in [5, 5.41) is 0.955. The van der Waals surface area contributed by atoms with E-state index in [0.29, 0.717) is 10.0 Å². The van der Waals surface area contributed by atoms with E-state index < -0.39 is 0 Å². The predicted molar refractivity (Wildman–Crippen MR) is 72.4 cm³/mol. The average Bonchev–Trinajstić information content (AvgIpc) is 2.35. The van der Waals surface area contributed by atoms with Crippen LogP contribution in [0, 0.1) is 6.07 Å². The molecule has 0 aliphatic heterocycles. The molecule has 0 aliphatic carbocycles. The van der Waals surface area contributed by atoms with Crippen LogP contribution in [0.3, 0.4) is 0 Å². The number of benzene rings is 2. The number of hydrogen-bond acceptors (Lipinski definition) is 2. The topological polar surface area (TPSA) is 9.23 Å². The Morgan fingerprint density at radius 2 is 1.88 bits per heavy atom. The smallest absolute Gasteiger partial charge is 0.132 e. The van der Waals surface area contributed by atoms with Crippen molar-refractivity contribution in [2.24, 2.45) is 0 Å². The normalized spacial score (nSPS) is 10.3. The largest absolute Gasteiger partial charge is 0.496 e. The van der Waals surface area contributed by atoms with Gasteiger partial charge in [0, 0.05) is 11.0 Å². The third-order valence-electron chi connectivity index (χ3n) is 2.14. The summed E-state index contributed by atoms with van der Waals surface area (Å²) in [7, 11) is 1.65. The van der Waals surface area contributed by atoms with Gasteiger partial charge in [0.15, 0.2) is 0 Å². The molecule has 0 saturated heterocycles. The van der Waals surface area contributed by atoms with Crippen LogP contribution in [0.15, 0.2) is 46.2 Å². The van der Waals surface area contributed by atoms with E-state index in [1.54, 1.807) is 13.2 Å². The average molecular weight is 284 g/mol. The standard InChI is InChI=1S/C13H9Cl2OS/c1-16-10-6-2-3-7-11(10)17-12-8-4-5-9(14)13(12)15/h2-4,6-8H,1H3. The second-order valence-electron chi connectivity index (χ2n) is 3.22. The van der Waals surface area contributed by atoms with Gasteiger partial charge in [0.05, 0.1) is 22.1 Å². The Morgan fingerprint density at radius 1 is 1.12 bits per heavy atom. The minimum absolute atomic E-state index is 0.437. The van der Waals surface area contributed by atoms with Crippen LogP contribution in [0.2, 0.25) is 10.0 Å². The van der Waals surface area contributed by atoms with E-state index in [4.69, 9.17) is 27.9 Å². The van der Waals surface area contributed by atoms with Gasteiger partial charge < -0.3 is 4.74 Å². The van der Waals surface area contributed by atoms with Gasteiger partial charge in [0.1, 0.15) is 5.75 Å². The Labute approximate surface area is 115 Å². The molecule has 0 fully saturated rings. The molecular weight excluding hydrogens is 275 g/mol. The van der Waals surface area contributed by atoms with Gasteiger partial charge in [-0.25, -0.2) is 0 Å². The third-order valence-corrected chi connectivity index (χ3v) is 4.16. The lowest BCUT2D eigenvalue weighted by atomic mass is 10.3. The molecule has 0 amide bonds. The van der Waals surface area contributed by atoms with Crippen molar-refractivity contribution < 1.29 is 4.74 Å². The molecule has 1 nitrogen and oxygen atoms in total. The molecule has 0 bridgehead atoms. The van der Waals surface area contributed by atoms with Gasteiger partial charge in [-0.2, -0.15) is 0 Å². The molecule has 0 heterocycles. The molecule has 17 heavy (non-hydrogen) atoms. The summed E-state index contributed by atoms with van der Waals surface area (Å²) >= 11 is 13.6. The first-order valence-corrected chi connectivity index (χ1v) is 6.46. The lowest BCUT2D eigenvalue weighted by molar-refractivity contribution is 0.405. The fourth-order valence-corrected chi connectivity index (χ4v) is 2.75. The maximum Gasteiger partial charge on any atom is 0.132 e. The summed E-state index contributed by atoms with van der Waals surface area (Å²) in [5.74, 6) is 0.817. The Bertz CT molecular complexity index is 529. The molecule has 0 N–H and O–H groups in total. The first-order valence-electron chi connectivity index (χ1n) is 4.89. The van der Waals surface area contributed by atoms with Gasteiger partial charge in [0.2, 0.25) is 0 Å². The van der Waals surface area contributed by atoms with Crippen molar-refractivity contribution >= 4 is 35.0 Å². The van der Waals surface area contributed by atoms with Gasteiger partial charge in [0.25, 0.3) is 0 Å². The van der Waals surface area contributed by atoms with Crippen molar-refractivity contribution in [1.29, 1.82) is 0 Å². The van der Waals surface area contributed by atoms with Crippen LogP contribution < -0.4 is 4.74 Å². The van der Waals surface area contributed by atoms with E-state index >= 15 is 0 Å². The summed E-state index contributed by atoms with van der Waals surface area (Å²) in [5.41, 5.74) is 0. The zero-order valence-corrected chi connectivity index (χ0v) is 11.4. The molecule has 4 heteroatoms. The molecule has 0 aromatic heterocycles. The van der Waals surface area contributed by atoms with Gasteiger partial charge >= 0.3 is 0 Å². The zero-order valence-electron chi connectivity index (χ0n) is 9.04. The molecule has 2 aromatic carbocycles. The predicted octanol–water partition coefficient (Wildman–Crippen LogP) is 4.95. The highest BCUT2D eigenvalue weighted by molar-refractivity contribution is 7.99. The number of para-hydroxylation sites is 1. The van der Waals surface area contributed by atoms with Crippen LogP contribution in [0.25, 0.3) is 0 Å². The van der Waals surface area contributed by atoms with E-state index in [9.17, 15) is 0 Å². The fourth-order valence-electron chi connectivity index (χ4n) is 1.34. The van der Waals surface area contributed by atoms with Crippen molar-refractivity contribution in [3.8, 4) is 5.75 Å². The van der Waals surface area contributed by atoms with E-state index in [0.717, 1.165) is 15.5 Å². The molecule has 0 spiro atoms. The van der Waals surface area contributed by atoms with E-state index in [1.807, 2.05) is 30.3 Å². The fraction of sp³-hybridized carbons (Fsp3) is 0.0769. The van der Waals surface area contributed by atoms with Crippen molar-refractivity contribution in [2.75, 3.05) is 7.11 Å². The van der Waals surface area contributed by atoms with E-state index in [1.165, 1.54) is 11.8 Å². The third kappa shape index (κ3) is 2.89. The van der Waals surface area contributed by atoms with Crippen LogP contribution in [0.5, 0.6) is 5.75 Å². The first-order chi connectivity index (χ1) is 8.22. The number of ether oxygens (including phenoxy) is 1. The van der Waals surface area contributed by atoms with Gasteiger partial charge in [-0.05, 0) is 18.2 Å². The van der Waals surface area contributed by atoms with Crippen molar-refractivity contribution in [3.63, 3.8) is 0 Å². The molecular formula is C13H9Cl2OS. The Hall–Kier alpha value is -0.830. The van der Waals surface area contributed by atoms with Gasteiger partial charge in [-0.3, -0.25) is 0 Å². The van der Waals surface area contributed by atoms with Gasteiger partial charge in [-0.1, -0.05) is 53.2 Å². The molecule has 2 rings (SSSR count). The Balaban J connectivity index is 2.35. The molecule has 0 saturated carbocycles. The minimum atomic E-state index is 0.437. The molecule has 0 aliphatic rings. The number of halogens is 2. The Kier molecular flexibility index (Phi) is 4.21. The van der Waals surface area contributed by atoms with Gasteiger partial charge in [-0.15, -0.1) is 0 Å². The van der Waals surface area contributed by atoms with Crippen molar-refractivity contribution in [3.05, 3.63) is 52.5 Å². The number of methoxy groups -OCH3 is 1. The van der Waals surface area contributed by atoms with Crippen LogP contribution in [0.4, 0.5) is 0 Å². The summed E-state index contributed by atoms with van der Waals surface area (Å²) in [6.07, 6.45) is 0. The maximum absolute atomic E-state index is 6.11. The summed E-state index contributed by atoms with van der Waals surface area (Å²) in [6, 6.07) is 14.2. The minimum Gasteiger partial charge on any atom is -0.496 e. The molecule has 2 aromatic rings. The SMILES string of the molecule is COc1ccccc1Sc1cc[c]c(Cl)c1Cl. The second-order valence-corrected chi connectivity index (χ2v) is 5.06.